The molecule has 0 aliphatic carbocycles. The summed E-state index contributed by atoms with van der Waals surface area (Å²) in [6, 6.07) is 13.5. The van der Waals surface area contributed by atoms with Crippen molar-refractivity contribution in [1.82, 2.24) is 4.90 Å². The van der Waals surface area contributed by atoms with Gasteiger partial charge in [-0.2, -0.15) is 0 Å². The van der Waals surface area contributed by atoms with E-state index < -0.39 is 11.2 Å². The van der Waals surface area contributed by atoms with Crippen LogP contribution < -0.4 is 10.1 Å². The van der Waals surface area contributed by atoms with Gasteiger partial charge in [0.1, 0.15) is 11.0 Å². The lowest BCUT2D eigenvalue weighted by Crippen LogP contribution is -2.45. The van der Waals surface area contributed by atoms with Gasteiger partial charge < -0.3 is 14.8 Å². The molecule has 2 amide bonds. The number of carbonyl (C=O) groups is 3. The summed E-state index contributed by atoms with van der Waals surface area (Å²) in [5.41, 5.74) is 1.59. The third-order valence-corrected chi connectivity index (χ3v) is 5.81. The van der Waals surface area contributed by atoms with Gasteiger partial charge in [-0.15, -0.1) is 0 Å². The van der Waals surface area contributed by atoms with Crippen LogP contribution >= 0.6 is 11.8 Å². The number of benzene rings is 2. The predicted octanol–water partition coefficient (Wildman–Crippen LogP) is 3.46. The van der Waals surface area contributed by atoms with Crippen molar-refractivity contribution in [2.45, 2.75) is 18.6 Å². The van der Waals surface area contributed by atoms with Crippen LogP contribution in [0.5, 0.6) is 5.75 Å². The number of amides is 2. The molecule has 0 unspecified atom stereocenters. The highest BCUT2D eigenvalue weighted by molar-refractivity contribution is 8.15. The summed E-state index contributed by atoms with van der Waals surface area (Å²) in [5, 5.41) is 2.67. The Bertz CT molecular complexity index is 989. The second-order valence-corrected chi connectivity index (χ2v) is 7.77. The molecular weight excluding hydrogens is 418 g/mol. The number of hydrogen-bond acceptors (Lipinski definition) is 7. The van der Waals surface area contributed by atoms with Gasteiger partial charge in [-0.05, 0) is 55.5 Å². The standard InChI is InChI=1S/C22H23N3O5S/c1-4-25-19(26)13-18(20(27)23-15-9-11-17(29-2)12-10-15)31-22(25)24-16-7-5-14(6-8-16)21(28)30-3/h5-12,18H,4,13H2,1-3H3,(H,23,27)/t18-/m1/s1. The van der Waals surface area contributed by atoms with Gasteiger partial charge in [0.05, 0.1) is 25.5 Å². The van der Waals surface area contributed by atoms with Gasteiger partial charge in [0.2, 0.25) is 11.8 Å². The Kier molecular flexibility index (Phi) is 7.30. The number of rotatable bonds is 6. The van der Waals surface area contributed by atoms with Crippen molar-refractivity contribution >= 4 is 46.1 Å². The summed E-state index contributed by atoms with van der Waals surface area (Å²) in [4.78, 5) is 43.1. The van der Waals surface area contributed by atoms with E-state index in [1.807, 2.05) is 6.92 Å². The van der Waals surface area contributed by atoms with Crippen molar-refractivity contribution in [3.05, 3.63) is 54.1 Å². The van der Waals surface area contributed by atoms with E-state index in [9.17, 15) is 14.4 Å². The van der Waals surface area contributed by atoms with Crippen molar-refractivity contribution in [1.29, 1.82) is 0 Å². The predicted molar refractivity (Wildman–Crippen MR) is 120 cm³/mol. The van der Waals surface area contributed by atoms with Crippen LogP contribution in [0.3, 0.4) is 0 Å². The summed E-state index contributed by atoms with van der Waals surface area (Å²) in [6.07, 6.45) is 0.0841. The lowest BCUT2D eigenvalue weighted by atomic mass is 10.2. The fourth-order valence-electron chi connectivity index (χ4n) is 2.95. The van der Waals surface area contributed by atoms with E-state index in [2.05, 4.69) is 10.3 Å². The molecule has 1 aliphatic rings. The van der Waals surface area contributed by atoms with E-state index in [1.165, 1.54) is 18.9 Å². The number of thioether (sulfide) groups is 1. The minimum Gasteiger partial charge on any atom is -0.497 e. The van der Waals surface area contributed by atoms with Crippen molar-refractivity contribution < 1.29 is 23.9 Å². The highest BCUT2D eigenvalue weighted by atomic mass is 32.2. The molecule has 0 spiro atoms. The molecule has 2 aromatic rings. The molecule has 1 saturated heterocycles. The number of carbonyl (C=O) groups excluding carboxylic acids is 3. The van der Waals surface area contributed by atoms with Crippen molar-refractivity contribution in [3.63, 3.8) is 0 Å². The quantitative estimate of drug-likeness (QED) is 0.690. The molecule has 9 heteroatoms. The molecular formula is C22H23N3O5S. The summed E-state index contributed by atoms with van der Waals surface area (Å²) >= 11 is 1.24. The number of anilines is 1. The van der Waals surface area contributed by atoms with Gasteiger partial charge in [-0.3, -0.25) is 14.5 Å². The molecule has 3 rings (SSSR count). The van der Waals surface area contributed by atoms with Crippen LogP contribution in [0.15, 0.2) is 53.5 Å². The van der Waals surface area contributed by atoms with Crippen LogP contribution in [0.25, 0.3) is 0 Å². The average molecular weight is 442 g/mol. The van der Waals surface area contributed by atoms with Gasteiger partial charge >= 0.3 is 5.97 Å². The zero-order valence-electron chi connectivity index (χ0n) is 17.5. The van der Waals surface area contributed by atoms with Crippen molar-refractivity contribution in [3.8, 4) is 5.75 Å². The SMILES string of the molecule is CCN1C(=O)C[C@H](C(=O)Nc2ccc(OC)cc2)SC1=Nc1ccc(C(=O)OC)cc1. The Morgan fingerprint density at radius 3 is 2.39 bits per heavy atom. The summed E-state index contributed by atoms with van der Waals surface area (Å²) in [5.74, 6) is -0.188. The first-order chi connectivity index (χ1) is 14.9. The molecule has 0 radical (unpaired) electrons. The fourth-order valence-corrected chi connectivity index (χ4v) is 4.11. The smallest absolute Gasteiger partial charge is 0.337 e. The lowest BCUT2D eigenvalue weighted by Gasteiger charge is -2.30. The number of esters is 1. The Labute approximate surface area is 184 Å². The maximum Gasteiger partial charge on any atom is 0.337 e. The van der Waals surface area contributed by atoms with Crippen LogP contribution in [-0.4, -0.2) is 53.9 Å². The second-order valence-electron chi connectivity index (χ2n) is 6.60. The molecule has 8 nitrogen and oxygen atoms in total. The van der Waals surface area contributed by atoms with Crippen LogP contribution in [-0.2, 0) is 14.3 Å². The maximum absolute atomic E-state index is 12.8. The van der Waals surface area contributed by atoms with E-state index in [0.717, 1.165) is 0 Å². The van der Waals surface area contributed by atoms with Crippen LogP contribution in [0, 0.1) is 0 Å². The third-order valence-electron chi connectivity index (χ3n) is 4.62. The molecule has 0 aromatic heterocycles. The summed E-state index contributed by atoms with van der Waals surface area (Å²) in [6.45, 7) is 2.30. The maximum atomic E-state index is 12.8. The topological polar surface area (TPSA) is 97.3 Å². The number of hydrogen-bond donors (Lipinski definition) is 1. The fraction of sp³-hybridized carbons (Fsp3) is 0.273. The Balaban J connectivity index is 1.77. The van der Waals surface area contributed by atoms with Crippen molar-refractivity contribution in [2.24, 2.45) is 4.99 Å². The van der Waals surface area contributed by atoms with E-state index in [-0.39, 0.29) is 18.2 Å². The molecule has 31 heavy (non-hydrogen) atoms. The first-order valence-electron chi connectivity index (χ1n) is 9.64. The molecule has 0 bridgehead atoms. The van der Waals surface area contributed by atoms with Crippen LogP contribution in [0.2, 0.25) is 0 Å². The third kappa shape index (κ3) is 5.43. The van der Waals surface area contributed by atoms with Gasteiger partial charge in [-0.25, -0.2) is 9.79 Å². The number of amidine groups is 1. The van der Waals surface area contributed by atoms with Gasteiger partial charge in [-0.1, -0.05) is 11.8 Å². The lowest BCUT2D eigenvalue weighted by molar-refractivity contribution is -0.129. The van der Waals surface area contributed by atoms with Gasteiger partial charge in [0.25, 0.3) is 0 Å². The first kappa shape index (κ1) is 22.4. The molecule has 1 heterocycles. The highest BCUT2D eigenvalue weighted by Crippen LogP contribution is 2.30. The van der Waals surface area contributed by atoms with E-state index >= 15 is 0 Å². The number of nitrogens with zero attached hydrogens (tertiary/aromatic N) is 2. The molecule has 0 saturated carbocycles. The first-order valence-corrected chi connectivity index (χ1v) is 10.5. The van der Waals surface area contributed by atoms with E-state index in [1.54, 1.807) is 60.5 Å². The zero-order valence-corrected chi connectivity index (χ0v) is 18.3. The highest BCUT2D eigenvalue weighted by Gasteiger charge is 2.35. The van der Waals surface area contributed by atoms with Gasteiger partial charge in [0.15, 0.2) is 5.17 Å². The Morgan fingerprint density at radius 2 is 1.81 bits per heavy atom. The second kappa shape index (κ2) is 10.1. The minimum atomic E-state index is -0.606. The minimum absolute atomic E-state index is 0.0841. The normalized spacial score (nSPS) is 17.4. The monoisotopic (exact) mass is 441 g/mol. The number of ether oxygens (including phenoxy) is 2. The zero-order chi connectivity index (χ0) is 22.4. The number of methoxy groups -OCH3 is 2. The largest absolute Gasteiger partial charge is 0.497 e. The van der Waals surface area contributed by atoms with E-state index in [0.29, 0.717) is 34.4 Å². The molecule has 2 aromatic carbocycles. The number of aliphatic imine (C=N–C) groups is 1. The molecule has 1 atom stereocenters. The summed E-state index contributed by atoms with van der Waals surface area (Å²) in [7, 11) is 2.89. The van der Waals surface area contributed by atoms with Crippen LogP contribution in [0.1, 0.15) is 23.7 Å². The Morgan fingerprint density at radius 1 is 1.13 bits per heavy atom. The van der Waals surface area contributed by atoms with E-state index in [4.69, 9.17) is 9.47 Å². The number of nitrogens with one attached hydrogen (secondary N) is 1. The molecule has 1 aliphatic heterocycles. The Hall–Kier alpha value is -3.33. The summed E-state index contributed by atoms with van der Waals surface area (Å²) < 4.78 is 9.81. The van der Waals surface area contributed by atoms with Crippen LogP contribution in [0.4, 0.5) is 11.4 Å². The average Bonchev–Trinajstić information content (AvgIpc) is 2.79. The van der Waals surface area contributed by atoms with Crippen molar-refractivity contribution in [2.75, 3.05) is 26.1 Å². The molecule has 1 N–H and O–H groups in total. The molecule has 1 fully saturated rings. The van der Waals surface area contributed by atoms with Gasteiger partial charge in [0, 0.05) is 18.7 Å². The molecule has 162 valence electrons.